The Morgan fingerprint density at radius 3 is 2.33 bits per heavy atom. The van der Waals surface area contributed by atoms with Crippen molar-refractivity contribution < 1.29 is 13.2 Å². The highest BCUT2D eigenvalue weighted by molar-refractivity contribution is 7.89. The molecule has 2 aromatic rings. The van der Waals surface area contributed by atoms with Crippen molar-refractivity contribution in [2.45, 2.75) is 32.2 Å². The number of benzene rings is 2. The first-order chi connectivity index (χ1) is 14.3. The molecule has 0 bridgehead atoms. The minimum Gasteiger partial charge on any atom is -0.352 e. The van der Waals surface area contributed by atoms with Gasteiger partial charge in [-0.15, -0.1) is 0 Å². The van der Waals surface area contributed by atoms with E-state index < -0.39 is 10.0 Å². The lowest BCUT2D eigenvalue weighted by Gasteiger charge is -2.34. The molecule has 1 fully saturated rings. The van der Waals surface area contributed by atoms with Gasteiger partial charge in [0.1, 0.15) is 0 Å². The molecular weight excluding hydrogens is 398 g/mol. The highest BCUT2D eigenvalue weighted by Gasteiger charge is 2.28. The van der Waals surface area contributed by atoms with E-state index in [0.29, 0.717) is 55.6 Å². The summed E-state index contributed by atoms with van der Waals surface area (Å²) in [7, 11) is -3.45. The molecule has 1 saturated heterocycles. The molecule has 2 aromatic carbocycles. The maximum atomic E-state index is 12.9. The Hall–Kier alpha value is -2.22. The Bertz CT molecular complexity index is 963. The van der Waals surface area contributed by atoms with E-state index in [9.17, 15) is 13.2 Å². The van der Waals surface area contributed by atoms with E-state index in [2.05, 4.69) is 24.1 Å². The van der Waals surface area contributed by atoms with Crippen molar-refractivity contribution in [3.8, 4) is 0 Å². The fraction of sp³-hybridized carbons (Fsp3) is 0.435. The van der Waals surface area contributed by atoms with Crippen LogP contribution in [-0.2, 0) is 16.6 Å². The fourth-order valence-corrected chi connectivity index (χ4v) is 4.88. The van der Waals surface area contributed by atoms with Crippen molar-refractivity contribution >= 4 is 15.9 Å². The normalized spacial score (nSPS) is 16.0. The number of nitrogens with zero attached hydrogens (tertiary/aromatic N) is 2. The zero-order valence-corrected chi connectivity index (χ0v) is 18.8. The first kappa shape index (κ1) is 22.5. The number of nitrogens with one attached hydrogen (secondary N) is 1. The van der Waals surface area contributed by atoms with Gasteiger partial charge in [-0.1, -0.05) is 43.7 Å². The second-order valence-corrected chi connectivity index (χ2v) is 10.2. The maximum absolute atomic E-state index is 12.9. The summed E-state index contributed by atoms with van der Waals surface area (Å²) >= 11 is 0. The maximum Gasteiger partial charge on any atom is 0.251 e. The molecular formula is C23H31N3O3S. The molecule has 1 amide bonds. The van der Waals surface area contributed by atoms with Crippen LogP contribution in [0.5, 0.6) is 0 Å². The average Bonchev–Trinajstić information content (AvgIpc) is 2.73. The topological polar surface area (TPSA) is 69.7 Å². The zero-order valence-electron chi connectivity index (χ0n) is 18.0. The summed E-state index contributed by atoms with van der Waals surface area (Å²) in [6.45, 7) is 9.67. The van der Waals surface area contributed by atoms with Crippen LogP contribution < -0.4 is 5.32 Å². The third kappa shape index (κ3) is 5.68. The predicted molar refractivity (Wildman–Crippen MR) is 119 cm³/mol. The lowest BCUT2D eigenvalue weighted by molar-refractivity contribution is 0.0948. The number of carbonyl (C=O) groups excluding carboxylic acids is 1. The fourth-order valence-electron chi connectivity index (χ4n) is 3.46. The Balaban J connectivity index is 1.58. The Morgan fingerprint density at radius 2 is 1.70 bits per heavy atom. The molecule has 1 aliphatic rings. The van der Waals surface area contributed by atoms with Crippen LogP contribution in [-0.4, -0.2) is 56.3 Å². The molecule has 0 unspecified atom stereocenters. The van der Waals surface area contributed by atoms with Crippen LogP contribution >= 0.6 is 0 Å². The van der Waals surface area contributed by atoms with Crippen LogP contribution in [0, 0.1) is 12.8 Å². The van der Waals surface area contributed by atoms with Crippen molar-refractivity contribution in [3.63, 3.8) is 0 Å². The van der Waals surface area contributed by atoms with Crippen molar-refractivity contribution in [2.24, 2.45) is 5.92 Å². The van der Waals surface area contributed by atoms with Gasteiger partial charge in [-0.25, -0.2) is 8.42 Å². The number of amides is 1. The summed E-state index contributed by atoms with van der Waals surface area (Å²) in [6, 6.07) is 14.7. The summed E-state index contributed by atoms with van der Waals surface area (Å²) < 4.78 is 27.3. The molecule has 0 atom stereocenters. The number of aryl methyl sites for hydroxylation is 1. The van der Waals surface area contributed by atoms with Gasteiger partial charge in [0.25, 0.3) is 5.91 Å². The Labute approximate surface area is 179 Å². The minimum atomic E-state index is -3.45. The van der Waals surface area contributed by atoms with Crippen LogP contribution in [0.1, 0.15) is 35.3 Å². The van der Waals surface area contributed by atoms with Gasteiger partial charge in [-0.3, -0.25) is 9.69 Å². The third-order valence-corrected chi connectivity index (χ3v) is 7.17. The van der Waals surface area contributed by atoms with E-state index >= 15 is 0 Å². The average molecular weight is 430 g/mol. The summed E-state index contributed by atoms with van der Waals surface area (Å²) in [5.74, 6) is 0.351. The van der Waals surface area contributed by atoms with Crippen LogP contribution in [0.2, 0.25) is 0 Å². The largest absolute Gasteiger partial charge is 0.352 e. The van der Waals surface area contributed by atoms with Crippen molar-refractivity contribution in [2.75, 3.05) is 32.7 Å². The minimum absolute atomic E-state index is 0.0560. The van der Waals surface area contributed by atoms with Gasteiger partial charge in [0, 0.05) is 44.8 Å². The van der Waals surface area contributed by atoms with Crippen molar-refractivity contribution in [1.82, 2.24) is 14.5 Å². The second kappa shape index (κ2) is 9.73. The molecule has 162 valence electrons. The number of rotatable bonds is 7. The summed E-state index contributed by atoms with van der Waals surface area (Å²) in [4.78, 5) is 14.9. The van der Waals surface area contributed by atoms with Crippen LogP contribution in [0.4, 0.5) is 0 Å². The molecule has 1 heterocycles. The van der Waals surface area contributed by atoms with Crippen LogP contribution in [0.3, 0.4) is 0 Å². The lowest BCUT2D eigenvalue weighted by Crippen LogP contribution is -2.48. The van der Waals surface area contributed by atoms with Gasteiger partial charge >= 0.3 is 0 Å². The molecule has 3 rings (SSSR count). The lowest BCUT2D eigenvalue weighted by atomic mass is 10.1. The summed E-state index contributed by atoms with van der Waals surface area (Å²) in [6.07, 6.45) is 0. The quantitative estimate of drug-likeness (QED) is 0.735. The van der Waals surface area contributed by atoms with E-state index in [1.54, 1.807) is 16.4 Å². The van der Waals surface area contributed by atoms with Gasteiger partial charge in [-0.2, -0.15) is 4.31 Å². The summed E-state index contributed by atoms with van der Waals surface area (Å²) in [5, 5.41) is 2.94. The van der Waals surface area contributed by atoms with Gasteiger partial charge in [0.15, 0.2) is 0 Å². The number of sulfonamides is 1. The smallest absolute Gasteiger partial charge is 0.251 e. The molecule has 0 saturated carbocycles. The number of carbonyl (C=O) groups is 1. The highest BCUT2D eigenvalue weighted by Crippen LogP contribution is 2.19. The SMILES string of the molecule is Cc1ccc(S(=O)(=O)N2CCN(Cc3cccc(C(=O)NCC(C)C)c3)CC2)cc1. The standard InChI is InChI=1S/C23H31N3O3S/c1-18(2)16-24-23(27)21-6-4-5-20(15-21)17-25-11-13-26(14-12-25)30(28,29)22-9-7-19(3)8-10-22/h4-10,15,18H,11-14,16-17H2,1-3H3,(H,24,27). The number of piperazine rings is 1. The van der Waals surface area contributed by atoms with E-state index in [4.69, 9.17) is 0 Å². The molecule has 7 heteroatoms. The monoisotopic (exact) mass is 429 g/mol. The van der Waals surface area contributed by atoms with E-state index in [1.165, 1.54) is 0 Å². The first-order valence-electron chi connectivity index (χ1n) is 10.4. The van der Waals surface area contributed by atoms with E-state index in [0.717, 1.165) is 11.1 Å². The van der Waals surface area contributed by atoms with Gasteiger partial charge in [0.05, 0.1) is 4.90 Å². The van der Waals surface area contributed by atoms with Crippen molar-refractivity contribution in [1.29, 1.82) is 0 Å². The Morgan fingerprint density at radius 1 is 1.03 bits per heavy atom. The molecule has 0 spiro atoms. The van der Waals surface area contributed by atoms with Crippen molar-refractivity contribution in [3.05, 3.63) is 65.2 Å². The molecule has 30 heavy (non-hydrogen) atoms. The molecule has 0 aliphatic carbocycles. The molecule has 0 aromatic heterocycles. The van der Waals surface area contributed by atoms with Crippen LogP contribution in [0.15, 0.2) is 53.4 Å². The predicted octanol–water partition coefficient (Wildman–Crippen LogP) is 2.89. The van der Waals surface area contributed by atoms with Crippen LogP contribution in [0.25, 0.3) is 0 Å². The Kier molecular flexibility index (Phi) is 7.28. The molecule has 1 N–H and O–H groups in total. The van der Waals surface area contributed by atoms with Gasteiger partial charge in [-0.05, 0) is 42.7 Å². The van der Waals surface area contributed by atoms with Gasteiger partial charge in [0.2, 0.25) is 10.0 Å². The zero-order chi connectivity index (χ0) is 21.7. The first-order valence-corrected chi connectivity index (χ1v) is 11.9. The third-order valence-electron chi connectivity index (χ3n) is 5.26. The van der Waals surface area contributed by atoms with E-state index in [1.807, 2.05) is 43.3 Å². The van der Waals surface area contributed by atoms with E-state index in [-0.39, 0.29) is 5.91 Å². The number of hydrogen-bond acceptors (Lipinski definition) is 4. The molecule has 0 radical (unpaired) electrons. The number of hydrogen-bond donors (Lipinski definition) is 1. The second-order valence-electron chi connectivity index (χ2n) is 8.30. The molecule has 6 nitrogen and oxygen atoms in total. The summed E-state index contributed by atoms with van der Waals surface area (Å²) in [5.41, 5.74) is 2.76. The molecule has 1 aliphatic heterocycles. The van der Waals surface area contributed by atoms with Gasteiger partial charge < -0.3 is 5.32 Å². The highest BCUT2D eigenvalue weighted by atomic mass is 32.2.